The molecule has 1 amide bonds. The highest BCUT2D eigenvalue weighted by Gasteiger charge is 2.25. The second-order valence-corrected chi connectivity index (χ2v) is 8.92. The summed E-state index contributed by atoms with van der Waals surface area (Å²) in [6, 6.07) is 13.2. The number of aliphatic hydroxyl groups excluding tert-OH is 1. The molecule has 7 heteroatoms. The number of amides is 1. The third-order valence-electron chi connectivity index (χ3n) is 6.40. The molecule has 2 aromatic carbocycles. The Hall–Kier alpha value is -3.16. The first-order valence-electron chi connectivity index (χ1n) is 11.2. The molecule has 166 valence electrons. The number of nitrogens with one attached hydrogen (secondary N) is 2. The Morgan fingerprint density at radius 2 is 1.91 bits per heavy atom. The first-order valence-corrected chi connectivity index (χ1v) is 11.2. The van der Waals surface area contributed by atoms with Gasteiger partial charge in [-0.25, -0.2) is 0 Å². The van der Waals surface area contributed by atoms with E-state index in [4.69, 9.17) is 0 Å². The normalized spacial score (nSPS) is 17.0. The van der Waals surface area contributed by atoms with Crippen LogP contribution in [0, 0.1) is 6.92 Å². The van der Waals surface area contributed by atoms with Gasteiger partial charge in [0.15, 0.2) is 0 Å². The smallest absolute Gasteiger partial charge is 0.257 e. The molecular formula is C25H28N4O3. The Bertz CT molecular complexity index is 1220. The van der Waals surface area contributed by atoms with Crippen molar-refractivity contribution in [1.82, 2.24) is 9.88 Å². The van der Waals surface area contributed by atoms with Crippen LogP contribution in [0.4, 0.5) is 11.4 Å². The van der Waals surface area contributed by atoms with Crippen LogP contribution < -0.4 is 15.8 Å². The van der Waals surface area contributed by atoms with E-state index in [0.717, 1.165) is 60.2 Å². The van der Waals surface area contributed by atoms with E-state index in [1.807, 2.05) is 31.2 Å². The highest BCUT2D eigenvalue weighted by molar-refractivity contribution is 6.09. The van der Waals surface area contributed by atoms with Gasteiger partial charge in [0.25, 0.3) is 5.91 Å². The number of aromatic nitrogens is 1. The van der Waals surface area contributed by atoms with Gasteiger partial charge in [0, 0.05) is 61.1 Å². The molecule has 7 nitrogen and oxygen atoms in total. The van der Waals surface area contributed by atoms with Crippen molar-refractivity contribution in [2.24, 2.45) is 0 Å². The lowest BCUT2D eigenvalue weighted by Gasteiger charge is -2.36. The van der Waals surface area contributed by atoms with Crippen LogP contribution in [0.15, 0.2) is 47.3 Å². The van der Waals surface area contributed by atoms with E-state index in [1.165, 1.54) is 0 Å². The van der Waals surface area contributed by atoms with E-state index >= 15 is 0 Å². The maximum Gasteiger partial charge on any atom is 0.257 e. The number of H-pyrrole nitrogens is 1. The quantitative estimate of drug-likeness (QED) is 0.577. The van der Waals surface area contributed by atoms with Gasteiger partial charge in [-0.1, -0.05) is 6.07 Å². The average molecular weight is 433 g/mol. The van der Waals surface area contributed by atoms with Crippen molar-refractivity contribution >= 4 is 28.2 Å². The van der Waals surface area contributed by atoms with Gasteiger partial charge in [-0.15, -0.1) is 0 Å². The Morgan fingerprint density at radius 1 is 1.12 bits per heavy atom. The van der Waals surface area contributed by atoms with Crippen LogP contribution in [0.3, 0.4) is 0 Å². The van der Waals surface area contributed by atoms with E-state index in [-0.39, 0.29) is 17.6 Å². The highest BCUT2D eigenvalue weighted by atomic mass is 16.3. The number of β-amino-alcohol motifs (C(OH)–C–C–N with tert-alkyl or cyclic N) is 1. The topological polar surface area (TPSA) is 88.7 Å². The summed E-state index contributed by atoms with van der Waals surface area (Å²) in [7, 11) is 0. The SMILES string of the molecule is Cc1cc(=O)[nH]c2ccc(NC(=O)c3cc(CN4CC(O)C4)ccc3N3CCCC3)cc12. The van der Waals surface area contributed by atoms with E-state index in [1.54, 1.807) is 6.07 Å². The first-order chi connectivity index (χ1) is 15.5. The zero-order valence-electron chi connectivity index (χ0n) is 18.2. The Balaban J connectivity index is 1.44. The molecule has 3 aromatic rings. The lowest BCUT2D eigenvalue weighted by molar-refractivity contribution is -0.00287. The summed E-state index contributed by atoms with van der Waals surface area (Å²) in [5.74, 6) is -0.140. The molecule has 0 atom stereocenters. The van der Waals surface area contributed by atoms with Crippen molar-refractivity contribution in [2.75, 3.05) is 36.4 Å². The Morgan fingerprint density at radius 3 is 2.66 bits per heavy atom. The van der Waals surface area contributed by atoms with Gasteiger partial charge in [-0.3, -0.25) is 14.5 Å². The van der Waals surface area contributed by atoms with Crippen LogP contribution in [0.5, 0.6) is 0 Å². The molecule has 3 N–H and O–H groups in total. The number of rotatable bonds is 5. The number of aromatic amines is 1. The summed E-state index contributed by atoms with van der Waals surface area (Å²) < 4.78 is 0. The molecule has 0 saturated carbocycles. The molecule has 2 aliphatic heterocycles. The molecule has 0 bridgehead atoms. The van der Waals surface area contributed by atoms with Gasteiger partial charge in [0.2, 0.25) is 5.56 Å². The standard InChI is InChI=1S/C25H28N4O3/c1-16-10-24(31)27-22-6-5-18(12-20(16)22)26-25(32)21-11-17(13-28-14-19(30)15-28)4-7-23(21)29-8-2-3-9-29/h4-7,10-12,19,30H,2-3,8-9,13-15H2,1H3,(H,26,32)(H,27,31). The van der Waals surface area contributed by atoms with E-state index in [9.17, 15) is 14.7 Å². The van der Waals surface area contributed by atoms with Gasteiger partial charge >= 0.3 is 0 Å². The zero-order chi connectivity index (χ0) is 22.2. The first kappa shape index (κ1) is 20.7. The molecule has 2 aliphatic rings. The minimum atomic E-state index is -0.243. The minimum Gasteiger partial charge on any atom is -0.390 e. The van der Waals surface area contributed by atoms with Crippen molar-refractivity contribution < 1.29 is 9.90 Å². The lowest BCUT2D eigenvalue weighted by Crippen LogP contribution is -2.49. The van der Waals surface area contributed by atoms with Crippen molar-refractivity contribution in [1.29, 1.82) is 0 Å². The molecule has 0 spiro atoms. The van der Waals surface area contributed by atoms with Gasteiger partial charge in [-0.05, 0) is 61.2 Å². The van der Waals surface area contributed by atoms with Gasteiger partial charge in [0.1, 0.15) is 0 Å². The van der Waals surface area contributed by atoms with Crippen molar-refractivity contribution in [3.63, 3.8) is 0 Å². The van der Waals surface area contributed by atoms with Gasteiger partial charge in [-0.2, -0.15) is 0 Å². The number of benzene rings is 2. The summed E-state index contributed by atoms with van der Waals surface area (Å²) in [5.41, 5.74) is 4.89. The number of anilines is 2. The summed E-state index contributed by atoms with van der Waals surface area (Å²) in [5, 5.41) is 13.5. The molecule has 32 heavy (non-hydrogen) atoms. The van der Waals surface area contributed by atoms with E-state index in [2.05, 4.69) is 32.2 Å². The van der Waals surface area contributed by atoms with Crippen LogP contribution in [0.25, 0.3) is 10.9 Å². The number of hydrogen-bond donors (Lipinski definition) is 3. The lowest BCUT2D eigenvalue weighted by atomic mass is 10.0. The second-order valence-electron chi connectivity index (χ2n) is 8.92. The second kappa shape index (κ2) is 8.41. The van der Waals surface area contributed by atoms with Crippen LogP contribution in [-0.4, -0.2) is 53.2 Å². The summed E-state index contributed by atoms with van der Waals surface area (Å²) in [6.45, 7) is 5.88. The third-order valence-corrected chi connectivity index (χ3v) is 6.40. The highest BCUT2D eigenvalue weighted by Crippen LogP contribution is 2.28. The number of likely N-dealkylation sites (tertiary alicyclic amines) is 1. The van der Waals surface area contributed by atoms with E-state index < -0.39 is 0 Å². The van der Waals surface area contributed by atoms with Crippen LogP contribution >= 0.6 is 0 Å². The third kappa shape index (κ3) is 4.13. The summed E-state index contributed by atoms with van der Waals surface area (Å²) in [6.07, 6.45) is 2.03. The van der Waals surface area contributed by atoms with Crippen LogP contribution in [0.2, 0.25) is 0 Å². The molecule has 0 unspecified atom stereocenters. The summed E-state index contributed by atoms with van der Waals surface area (Å²) >= 11 is 0. The average Bonchev–Trinajstić information content (AvgIpc) is 3.27. The Labute approximate surface area is 186 Å². The molecule has 3 heterocycles. The fourth-order valence-corrected chi connectivity index (χ4v) is 4.73. The number of aliphatic hydroxyl groups is 1. The molecule has 0 radical (unpaired) electrons. The van der Waals surface area contributed by atoms with Crippen molar-refractivity contribution in [2.45, 2.75) is 32.4 Å². The van der Waals surface area contributed by atoms with Gasteiger partial charge < -0.3 is 20.3 Å². The van der Waals surface area contributed by atoms with Crippen LogP contribution in [-0.2, 0) is 6.54 Å². The fraction of sp³-hybridized carbons (Fsp3) is 0.360. The predicted molar refractivity (Wildman–Crippen MR) is 126 cm³/mol. The molecule has 2 saturated heterocycles. The maximum atomic E-state index is 13.4. The molecule has 1 aromatic heterocycles. The maximum absolute atomic E-state index is 13.4. The zero-order valence-corrected chi connectivity index (χ0v) is 18.2. The van der Waals surface area contributed by atoms with Crippen LogP contribution in [0.1, 0.15) is 34.3 Å². The largest absolute Gasteiger partial charge is 0.390 e. The van der Waals surface area contributed by atoms with E-state index in [0.29, 0.717) is 24.3 Å². The number of carbonyl (C=O) groups excluding carboxylic acids is 1. The molecule has 2 fully saturated rings. The minimum absolute atomic E-state index is 0.131. The molecule has 0 aliphatic carbocycles. The number of nitrogens with zero attached hydrogens (tertiary/aromatic N) is 2. The predicted octanol–water partition coefficient (Wildman–Crippen LogP) is 2.87. The molecular weight excluding hydrogens is 404 g/mol. The number of hydrogen-bond acceptors (Lipinski definition) is 5. The number of pyridine rings is 1. The number of carbonyl (C=O) groups is 1. The van der Waals surface area contributed by atoms with Crippen molar-refractivity contribution in [3.8, 4) is 0 Å². The molecule has 5 rings (SSSR count). The van der Waals surface area contributed by atoms with Gasteiger partial charge in [0.05, 0.1) is 11.7 Å². The number of aryl methyl sites for hydroxylation is 1. The fourth-order valence-electron chi connectivity index (χ4n) is 4.73. The van der Waals surface area contributed by atoms with Crippen molar-refractivity contribution in [3.05, 3.63) is 69.5 Å². The number of fused-ring (bicyclic) bond motifs is 1. The monoisotopic (exact) mass is 432 g/mol. The Kier molecular flexibility index (Phi) is 5.45. The summed E-state index contributed by atoms with van der Waals surface area (Å²) in [4.78, 5) is 32.4.